The Labute approximate surface area is 132 Å². The number of hydrogen-bond acceptors (Lipinski definition) is 3. The van der Waals surface area contributed by atoms with Crippen molar-refractivity contribution in [2.45, 2.75) is 38.7 Å². The van der Waals surface area contributed by atoms with Crippen LogP contribution in [0.1, 0.15) is 32.3 Å². The summed E-state index contributed by atoms with van der Waals surface area (Å²) in [5.41, 5.74) is 0.343. The zero-order valence-electron chi connectivity index (χ0n) is 13.2. The van der Waals surface area contributed by atoms with E-state index in [-0.39, 0.29) is 0 Å². The largest absolute Gasteiger partial charge is 0.496 e. The fraction of sp³-hybridized carbons (Fsp3) is 0.647. The second kappa shape index (κ2) is 6.99. The van der Waals surface area contributed by atoms with Gasteiger partial charge in [0.05, 0.1) is 12.7 Å². The summed E-state index contributed by atoms with van der Waals surface area (Å²) in [7, 11) is 1.65. The zero-order chi connectivity index (χ0) is 15.5. The number of piperidine rings is 1. The fourth-order valence-corrected chi connectivity index (χ4v) is 3.28. The molecular weight excluding hydrogens is 286 g/mol. The Morgan fingerprint density at radius 1 is 1.33 bits per heavy atom. The molecule has 0 aliphatic carbocycles. The van der Waals surface area contributed by atoms with E-state index in [1.54, 1.807) is 7.11 Å². The van der Waals surface area contributed by atoms with Gasteiger partial charge in [0.15, 0.2) is 0 Å². The van der Waals surface area contributed by atoms with Crippen LogP contribution in [0.3, 0.4) is 0 Å². The second-order valence-electron chi connectivity index (χ2n) is 6.55. The maximum Gasteiger partial charge on any atom is 0.122 e. The minimum Gasteiger partial charge on any atom is -0.496 e. The van der Waals surface area contributed by atoms with Crippen molar-refractivity contribution in [1.29, 1.82) is 0 Å². The Morgan fingerprint density at radius 3 is 2.57 bits per heavy atom. The molecule has 1 heterocycles. The van der Waals surface area contributed by atoms with Crippen LogP contribution in [-0.2, 0) is 6.42 Å². The predicted molar refractivity (Wildman–Crippen MR) is 87.2 cm³/mol. The standard InChI is InChI=1S/C17H26ClNO2/c1-13(2)12-19-8-6-17(20,7-9-19)11-14-10-15(18)4-5-16(14)21-3/h4-5,10,13,20H,6-9,11-12H2,1-3H3. The van der Waals surface area contributed by atoms with E-state index in [1.807, 2.05) is 18.2 Å². The molecular formula is C17H26ClNO2. The SMILES string of the molecule is COc1ccc(Cl)cc1CC1(O)CCN(CC(C)C)CC1. The fourth-order valence-electron chi connectivity index (χ4n) is 3.08. The van der Waals surface area contributed by atoms with E-state index in [0.717, 1.165) is 43.8 Å². The third kappa shape index (κ3) is 4.60. The lowest BCUT2D eigenvalue weighted by molar-refractivity contribution is -0.0230. The molecule has 0 bridgehead atoms. The summed E-state index contributed by atoms with van der Waals surface area (Å²) in [6.45, 7) is 7.49. The van der Waals surface area contributed by atoms with E-state index < -0.39 is 5.60 Å². The summed E-state index contributed by atoms with van der Waals surface area (Å²) in [6, 6.07) is 5.59. The molecule has 0 atom stereocenters. The van der Waals surface area contributed by atoms with Crippen LogP contribution in [0.4, 0.5) is 0 Å². The number of likely N-dealkylation sites (tertiary alicyclic amines) is 1. The molecule has 1 saturated heterocycles. The van der Waals surface area contributed by atoms with Gasteiger partial charge < -0.3 is 14.7 Å². The molecule has 2 rings (SSSR count). The average molecular weight is 312 g/mol. The highest BCUT2D eigenvalue weighted by atomic mass is 35.5. The molecule has 1 aromatic rings. The van der Waals surface area contributed by atoms with Crippen LogP contribution >= 0.6 is 11.6 Å². The quantitative estimate of drug-likeness (QED) is 0.905. The molecule has 3 nitrogen and oxygen atoms in total. The van der Waals surface area contributed by atoms with E-state index in [9.17, 15) is 5.11 Å². The summed E-state index contributed by atoms with van der Waals surface area (Å²) in [4.78, 5) is 2.44. The predicted octanol–water partition coefficient (Wildman–Crippen LogP) is 3.37. The van der Waals surface area contributed by atoms with Crippen molar-refractivity contribution in [3.63, 3.8) is 0 Å². The maximum atomic E-state index is 10.9. The van der Waals surface area contributed by atoms with Crippen molar-refractivity contribution in [3.8, 4) is 5.75 Å². The highest BCUT2D eigenvalue weighted by molar-refractivity contribution is 6.30. The number of nitrogens with zero attached hydrogens (tertiary/aromatic N) is 1. The van der Waals surface area contributed by atoms with E-state index in [4.69, 9.17) is 16.3 Å². The molecule has 1 N–H and O–H groups in total. The molecule has 4 heteroatoms. The van der Waals surface area contributed by atoms with Crippen molar-refractivity contribution >= 4 is 11.6 Å². The van der Waals surface area contributed by atoms with Gasteiger partial charge in [-0.1, -0.05) is 25.4 Å². The Hall–Kier alpha value is -0.770. The van der Waals surface area contributed by atoms with Gasteiger partial charge in [-0.3, -0.25) is 0 Å². The Kier molecular flexibility index (Phi) is 5.53. The van der Waals surface area contributed by atoms with E-state index >= 15 is 0 Å². The third-order valence-electron chi connectivity index (χ3n) is 4.17. The Balaban J connectivity index is 2.01. The van der Waals surface area contributed by atoms with Crippen LogP contribution in [0.2, 0.25) is 5.02 Å². The lowest BCUT2D eigenvalue weighted by Crippen LogP contribution is -2.46. The molecule has 0 aromatic heterocycles. The number of aliphatic hydroxyl groups is 1. The van der Waals surface area contributed by atoms with Crippen LogP contribution < -0.4 is 4.74 Å². The molecule has 1 aromatic carbocycles. The van der Waals surface area contributed by atoms with Gasteiger partial charge in [-0.25, -0.2) is 0 Å². The van der Waals surface area contributed by atoms with E-state index in [1.165, 1.54) is 0 Å². The van der Waals surface area contributed by atoms with Gasteiger partial charge >= 0.3 is 0 Å². The topological polar surface area (TPSA) is 32.7 Å². The molecule has 1 aliphatic heterocycles. The summed E-state index contributed by atoms with van der Waals surface area (Å²) in [5, 5.41) is 11.5. The van der Waals surface area contributed by atoms with Crippen molar-refractivity contribution < 1.29 is 9.84 Å². The average Bonchev–Trinajstić information content (AvgIpc) is 2.41. The second-order valence-corrected chi connectivity index (χ2v) is 6.99. The Morgan fingerprint density at radius 2 is 2.00 bits per heavy atom. The summed E-state index contributed by atoms with van der Waals surface area (Å²) in [5.74, 6) is 1.47. The molecule has 0 amide bonds. The van der Waals surface area contributed by atoms with Crippen LogP contribution in [0.5, 0.6) is 5.75 Å². The third-order valence-corrected chi connectivity index (χ3v) is 4.41. The van der Waals surface area contributed by atoms with E-state index in [0.29, 0.717) is 17.4 Å². The first-order chi connectivity index (χ1) is 9.92. The number of hydrogen-bond donors (Lipinski definition) is 1. The molecule has 118 valence electrons. The number of methoxy groups -OCH3 is 1. The monoisotopic (exact) mass is 311 g/mol. The van der Waals surface area contributed by atoms with Crippen LogP contribution in [0, 0.1) is 5.92 Å². The van der Waals surface area contributed by atoms with Crippen molar-refractivity contribution in [3.05, 3.63) is 28.8 Å². The first-order valence-electron chi connectivity index (χ1n) is 7.69. The van der Waals surface area contributed by atoms with Gasteiger partial charge in [0.2, 0.25) is 0 Å². The van der Waals surface area contributed by atoms with E-state index in [2.05, 4.69) is 18.7 Å². The zero-order valence-corrected chi connectivity index (χ0v) is 14.0. The lowest BCUT2D eigenvalue weighted by atomic mass is 9.85. The van der Waals surface area contributed by atoms with Gasteiger partial charge in [-0.2, -0.15) is 0 Å². The number of halogens is 1. The Bertz CT molecular complexity index is 468. The first-order valence-corrected chi connectivity index (χ1v) is 8.07. The minimum absolute atomic E-state index is 0.603. The van der Waals surface area contributed by atoms with Crippen LogP contribution in [0.15, 0.2) is 18.2 Å². The van der Waals surface area contributed by atoms with Gasteiger partial charge in [-0.15, -0.1) is 0 Å². The number of ether oxygens (including phenoxy) is 1. The highest BCUT2D eigenvalue weighted by Gasteiger charge is 2.33. The van der Waals surface area contributed by atoms with Crippen molar-refractivity contribution in [2.75, 3.05) is 26.7 Å². The van der Waals surface area contributed by atoms with Gasteiger partial charge in [0.25, 0.3) is 0 Å². The molecule has 1 aliphatic rings. The maximum absolute atomic E-state index is 10.9. The van der Waals surface area contributed by atoms with Crippen molar-refractivity contribution in [1.82, 2.24) is 4.90 Å². The van der Waals surface area contributed by atoms with Crippen LogP contribution in [0.25, 0.3) is 0 Å². The molecule has 21 heavy (non-hydrogen) atoms. The smallest absolute Gasteiger partial charge is 0.122 e. The summed E-state index contributed by atoms with van der Waals surface area (Å²) < 4.78 is 5.38. The molecule has 0 radical (unpaired) electrons. The minimum atomic E-state index is -0.647. The summed E-state index contributed by atoms with van der Waals surface area (Å²) >= 11 is 6.07. The molecule has 0 saturated carbocycles. The molecule has 0 spiro atoms. The van der Waals surface area contributed by atoms with Crippen LogP contribution in [-0.4, -0.2) is 42.4 Å². The van der Waals surface area contributed by atoms with Gasteiger partial charge in [0.1, 0.15) is 5.75 Å². The highest BCUT2D eigenvalue weighted by Crippen LogP contribution is 2.31. The number of benzene rings is 1. The molecule has 0 unspecified atom stereocenters. The number of rotatable bonds is 5. The normalized spacial score (nSPS) is 19.0. The van der Waals surface area contributed by atoms with Crippen molar-refractivity contribution in [2.24, 2.45) is 5.92 Å². The molecule has 1 fully saturated rings. The lowest BCUT2D eigenvalue weighted by Gasteiger charge is -2.39. The van der Waals surface area contributed by atoms with Gasteiger partial charge in [-0.05, 0) is 42.5 Å². The first kappa shape index (κ1) is 16.6. The summed E-state index contributed by atoms with van der Waals surface area (Å²) in [6.07, 6.45) is 2.21. The van der Waals surface area contributed by atoms with Gasteiger partial charge in [0, 0.05) is 31.1 Å².